The van der Waals surface area contributed by atoms with E-state index >= 15 is 0 Å². The number of rotatable bonds is 7. The van der Waals surface area contributed by atoms with Crippen LogP contribution in [0.4, 0.5) is 9.59 Å². The lowest BCUT2D eigenvalue weighted by atomic mass is 10.2. The second kappa shape index (κ2) is 12.4. The molecule has 0 saturated carbocycles. The summed E-state index contributed by atoms with van der Waals surface area (Å²) in [6.45, 7) is 0.100. The van der Waals surface area contributed by atoms with Crippen molar-refractivity contribution >= 4 is 18.1 Å². The van der Waals surface area contributed by atoms with Gasteiger partial charge in [-0.2, -0.15) is 0 Å². The number of carboxylic acid groups (broad SMARTS) is 1. The van der Waals surface area contributed by atoms with E-state index in [1.165, 1.54) is 26.4 Å². The minimum Gasteiger partial charge on any atom is -0.497 e. The van der Waals surface area contributed by atoms with Crippen LogP contribution in [-0.2, 0) is 11.3 Å². The van der Waals surface area contributed by atoms with E-state index in [1.54, 1.807) is 43.8 Å². The zero-order chi connectivity index (χ0) is 23.4. The van der Waals surface area contributed by atoms with Gasteiger partial charge in [-0.1, -0.05) is 0 Å². The zero-order valence-corrected chi connectivity index (χ0v) is 17.5. The van der Waals surface area contributed by atoms with Crippen LogP contribution in [0, 0.1) is 0 Å². The maximum absolute atomic E-state index is 11.4. The molecule has 0 aliphatic heterocycles. The van der Waals surface area contributed by atoms with E-state index < -0.39 is 18.1 Å². The van der Waals surface area contributed by atoms with Crippen molar-refractivity contribution in [3.63, 3.8) is 0 Å². The summed E-state index contributed by atoms with van der Waals surface area (Å²) in [5.74, 6) is 1.37. The summed E-state index contributed by atoms with van der Waals surface area (Å²) in [6.07, 6.45) is -2.22. The number of hydrogen-bond donors (Lipinski definition) is 3. The van der Waals surface area contributed by atoms with Gasteiger partial charge in [0.05, 0.1) is 28.4 Å². The fraction of sp³-hybridized carbons (Fsp3) is 0.250. The molecule has 11 heteroatoms. The zero-order valence-electron chi connectivity index (χ0n) is 17.5. The lowest BCUT2D eigenvalue weighted by Gasteiger charge is -2.08. The smallest absolute Gasteiger partial charge is 0.411 e. The Kier molecular flexibility index (Phi) is 9.97. The third-order valence-electron chi connectivity index (χ3n) is 3.63. The maximum Gasteiger partial charge on any atom is 0.411 e. The molecule has 2 rings (SSSR count). The quantitative estimate of drug-likeness (QED) is 0.593. The first-order valence-corrected chi connectivity index (χ1v) is 8.63. The lowest BCUT2D eigenvalue weighted by Crippen LogP contribution is -2.28. The molecule has 11 nitrogen and oxygen atoms in total. The number of hydrogen-bond acceptors (Lipinski definition) is 8. The average Bonchev–Trinajstić information content (AvgIpc) is 2.76. The topological polar surface area (TPSA) is 156 Å². The SMILES string of the molecule is COc1cc(COC(N)=O)cc(OC)c1.COc1cc(OC)cc(C(=O)NC(=O)O)c1. The van der Waals surface area contributed by atoms with E-state index in [4.69, 9.17) is 29.8 Å². The molecule has 0 bridgehead atoms. The number of nitrogens with one attached hydrogen (secondary N) is 1. The molecule has 2 aromatic rings. The van der Waals surface area contributed by atoms with Crippen molar-refractivity contribution in [1.29, 1.82) is 0 Å². The number of amides is 3. The molecule has 4 N–H and O–H groups in total. The molecule has 0 fully saturated rings. The second-order valence-electron chi connectivity index (χ2n) is 5.69. The van der Waals surface area contributed by atoms with Crippen molar-refractivity contribution in [3.8, 4) is 23.0 Å². The predicted molar refractivity (Wildman–Crippen MR) is 109 cm³/mol. The highest BCUT2D eigenvalue weighted by Gasteiger charge is 2.11. The highest BCUT2D eigenvalue weighted by atomic mass is 16.5. The number of ether oxygens (including phenoxy) is 5. The van der Waals surface area contributed by atoms with Crippen LogP contribution in [0.5, 0.6) is 23.0 Å². The van der Waals surface area contributed by atoms with Crippen LogP contribution in [0.3, 0.4) is 0 Å². The van der Waals surface area contributed by atoms with E-state index in [2.05, 4.69) is 4.74 Å². The van der Waals surface area contributed by atoms with Crippen molar-refractivity contribution in [1.82, 2.24) is 5.32 Å². The van der Waals surface area contributed by atoms with E-state index in [0.717, 1.165) is 5.56 Å². The normalized spacial score (nSPS) is 9.42. The minimum atomic E-state index is -1.41. The van der Waals surface area contributed by atoms with Gasteiger partial charge in [-0.25, -0.2) is 9.59 Å². The molecule has 0 radical (unpaired) electrons. The molecule has 0 aromatic heterocycles. The fourth-order valence-electron chi connectivity index (χ4n) is 2.21. The van der Waals surface area contributed by atoms with Crippen LogP contribution < -0.4 is 30.0 Å². The molecule has 0 unspecified atom stereocenters. The number of methoxy groups -OCH3 is 4. The molecule has 0 heterocycles. The summed E-state index contributed by atoms with van der Waals surface area (Å²) in [4.78, 5) is 32.1. The highest BCUT2D eigenvalue weighted by Crippen LogP contribution is 2.23. The Morgan fingerprint density at radius 2 is 1.23 bits per heavy atom. The Morgan fingerprint density at radius 1 is 0.806 bits per heavy atom. The Morgan fingerprint density at radius 3 is 1.58 bits per heavy atom. The van der Waals surface area contributed by atoms with Gasteiger partial charge in [0.25, 0.3) is 5.91 Å². The molecule has 3 amide bonds. The summed E-state index contributed by atoms with van der Waals surface area (Å²) in [6, 6.07) is 9.63. The number of carbonyl (C=O) groups is 3. The van der Waals surface area contributed by atoms with Gasteiger partial charge in [0.2, 0.25) is 0 Å². The van der Waals surface area contributed by atoms with Crippen molar-refractivity contribution in [2.24, 2.45) is 5.73 Å². The number of primary amides is 1. The molecule has 0 atom stereocenters. The van der Waals surface area contributed by atoms with Crippen molar-refractivity contribution in [3.05, 3.63) is 47.5 Å². The molecule has 0 saturated heterocycles. The van der Waals surface area contributed by atoms with Crippen LogP contribution in [0.2, 0.25) is 0 Å². The van der Waals surface area contributed by atoms with E-state index in [0.29, 0.717) is 23.0 Å². The summed E-state index contributed by atoms with van der Waals surface area (Å²) in [5, 5.41) is 10.1. The van der Waals surface area contributed by atoms with Crippen LogP contribution in [0.25, 0.3) is 0 Å². The Hall–Kier alpha value is -4.15. The molecular weight excluding hydrogens is 412 g/mol. The van der Waals surface area contributed by atoms with Gasteiger partial charge < -0.3 is 34.5 Å². The van der Waals surface area contributed by atoms with Crippen molar-refractivity contribution in [2.75, 3.05) is 28.4 Å². The van der Waals surface area contributed by atoms with Gasteiger partial charge in [0.1, 0.15) is 29.6 Å². The van der Waals surface area contributed by atoms with E-state index in [-0.39, 0.29) is 12.2 Å². The number of carbonyl (C=O) groups excluding carboxylic acids is 2. The minimum absolute atomic E-state index is 0.100. The monoisotopic (exact) mass is 436 g/mol. The second-order valence-corrected chi connectivity index (χ2v) is 5.69. The van der Waals surface area contributed by atoms with Gasteiger partial charge in [-0.05, 0) is 29.8 Å². The largest absolute Gasteiger partial charge is 0.497 e. The Bertz CT molecular complexity index is 871. The van der Waals surface area contributed by atoms with Crippen molar-refractivity contribution < 1.29 is 43.2 Å². The van der Waals surface area contributed by atoms with Crippen LogP contribution in [0.15, 0.2) is 36.4 Å². The molecular formula is C20H24N2O9. The van der Waals surface area contributed by atoms with E-state index in [9.17, 15) is 14.4 Å². The highest BCUT2D eigenvalue weighted by molar-refractivity contribution is 6.02. The van der Waals surface area contributed by atoms with Crippen molar-refractivity contribution in [2.45, 2.75) is 6.61 Å². The first kappa shape index (κ1) is 24.9. The third kappa shape index (κ3) is 8.81. The number of benzene rings is 2. The van der Waals surface area contributed by atoms with Crippen LogP contribution in [-0.4, -0.2) is 51.6 Å². The summed E-state index contributed by atoms with van der Waals surface area (Å²) in [7, 11) is 5.97. The first-order chi connectivity index (χ1) is 14.7. The maximum atomic E-state index is 11.4. The third-order valence-corrected chi connectivity index (χ3v) is 3.63. The first-order valence-electron chi connectivity index (χ1n) is 8.63. The van der Waals surface area contributed by atoms with E-state index in [1.807, 2.05) is 0 Å². The summed E-state index contributed by atoms with van der Waals surface area (Å²) in [5.41, 5.74) is 5.76. The summed E-state index contributed by atoms with van der Waals surface area (Å²) >= 11 is 0. The fourth-order valence-corrected chi connectivity index (χ4v) is 2.21. The van der Waals surface area contributed by atoms with Gasteiger partial charge in [-0.3, -0.25) is 10.1 Å². The summed E-state index contributed by atoms with van der Waals surface area (Å²) < 4.78 is 24.6. The standard InChI is InChI=1S/C10H11NO5.C10H13NO4/c1-15-7-3-6(4-8(5-7)16-2)9(12)11-10(13)14;1-13-8-3-7(6-15-10(11)12)4-9(5-8)14-2/h3-5H,1-2H3,(H,11,12)(H,13,14);3-5H,6H2,1-2H3,(H2,11,12). The van der Waals surface area contributed by atoms with Gasteiger partial charge in [0, 0.05) is 17.7 Å². The predicted octanol–water partition coefficient (Wildman–Crippen LogP) is 2.41. The number of nitrogens with two attached hydrogens (primary N) is 1. The molecule has 0 aliphatic rings. The molecule has 2 aromatic carbocycles. The molecule has 0 aliphatic carbocycles. The van der Waals surface area contributed by atoms with Gasteiger partial charge in [0.15, 0.2) is 0 Å². The lowest BCUT2D eigenvalue weighted by molar-refractivity contribution is 0.0947. The molecule has 0 spiro atoms. The molecule has 168 valence electrons. The Balaban J connectivity index is 0.000000311. The van der Waals surface area contributed by atoms with Gasteiger partial charge in [-0.15, -0.1) is 0 Å². The van der Waals surface area contributed by atoms with Crippen LogP contribution in [0.1, 0.15) is 15.9 Å². The average molecular weight is 436 g/mol. The molecule has 31 heavy (non-hydrogen) atoms. The van der Waals surface area contributed by atoms with Gasteiger partial charge >= 0.3 is 12.2 Å². The van der Waals surface area contributed by atoms with Crippen LogP contribution >= 0.6 is 0 Å². The Labute approximate surface area is 178 Å². The number of imide groups is 1.